The molecule has 1 aromatic rings. The summed E-state index contributed by atoms with van der Waals surface area (Å²) in [6.45, 7) is 8.04. The van der Waals surface area contributed by atoms with Crippen molar-refractivity contribution in [2.45, 2.75) is 58.5 Å². The van der Waals surface area contributed by atoms with Crippen LogP contribution in [0.3, 0.4) is 0 Å². The van der Waals surface area contributed by atoms with Crippen LogP contribution in [0, 0.1) is 18.8 Å². The Balaban J connectivity index is 1.76. The smallest absolute Gasteiger partial charge is 0.257 e. The van der Waals surface area contributed by atoms with E-state index in [9.17, 15) is 4.79 Å². The second-order valence-corrected chi connectivity index (χ2v) is 6.93. The fraction of sp³-hybridized carbons (Fsp3) is 0.765. The summed E-state index contributed by atoms with van der Waals surface area (Å²) in [4.78, 5) is 14.8. The molecular weight excluding hydrogens is 276 g/mol. The van der Waals surface area contributed by atoms with Crippen LogP contribution in [0.5, 0.6) is 0 Å². The first-order chi connectivity index (χ1) is 10.6. The molecule has 2 fully saturated rings. The third-order valence-electron chi connectivity index (χ3n) is 5.76. The Kier molecular flexibility index (Phi) is 4.26. The lowest BCUT2D eigenvalue weighted by atomic mass is 9.98. The zero-order valence-corrected chi connectivity index (χ0v) is 14.0. The molecule has 0 bridgehead atoms. The Morgan fingerprint density at radius 3 is 2.73 bits per heavy atom. The fourth-order valence-electron chi connectivity index (χ4n) is 4.28. The van der Waals surface area contributed by atoms with Crippen molar-refractivity contribution in [3.63, 3.8) is 0 Å². The lowest BCUT2D eigenvalue weighted by Gasteiger charge is -2.19. The summed E-state index contributed by atoms with van der Waals surface area (Å²) < 4.78 is 2.02. The van der Waals surface area contributed by atoms with Gasteiger partial charge in [0.15, 0.2) is 0 Å². The minimum absolute atomic E-state index is 0.135. The summed E-state index contributed by atoms with van der Waals surface area (Å²) in [6.07, 6.45) is 6.11. The molecular formula is C17H28N4O. The number of carbonyl (C=O) groups excluding carboxylic acids is 1. The van der Waals surface area contributed by atoms with Gasteiger partial charge in [0.25, 0.3) is 5.91 Å². The quantitative estimate of drug-likeness (QED) is 0.928. The number of nitrogens with two attached hydrogens (primary N) is 1. The molecule has 22 heavy (non-hydrogen) atoms. The van der Waals surface area contributed by atoms with Crippen molar-refractivity contribution < 1.29 is 4.79 Å². The summed E-state index contributed by atoms with van der Waals surface area (Å²) in [5.41, 5.74) is 7.94. The Morgan fingerprint density at radius 2 is 2.09 bits per heavy atom. The van der Waals surface area contributed by atoms with E-state index in [1.807, 2.05) is 16.5 Å². The average molecular weight is 304 g/mol. The van der Waals surface area contributed by atoms with E-state index in [2.05, 4.69) is 18.9 Å². The standard InChI is InChI=1S/C17H28N4O/c1-4-13(5-2)21-11(3)14(8-19-21)17(22)20-9-12-6-7-16(18)15(12)10-20/h8,12-13,15-16H,4-7,9-10,18H2,1-3H3. The van der Waals surface area contributed by atoms with Crippen molar-refractivity contribution in [2.75, 3.05) is 13.1 Å². The van der Waals surface area contributed by atoms with Crippen LogP contribution in [0.25, 0.3) is 0 Å². The van der Waals surface area contributed by atoms with Crippen LogP contribution in [0.4, 0.5) is 0 Å². The first-order valence-electron chi connectivity index (χ1n) is 8.65. The third kappa shape index (κ3) is 2.45. The second-order valence-electron chi connectivity index (χ2n) is 6.93. The largest absolute Gasteiger partial charge is 0.338 e. The van der Waals surface area contributed by atoms with Crippen molar-refractivity contribution in [3.8, 4) is 0 Å². The van der Waals surface area contributed by atoms with Crippen LogP contribution < -0.4 is 5.73 Å². The van der Waals surface area contributed by atoms with E-state index in [1.165, 1.54) is 6.42 Å². The summed E-state index contributed by atoms with van der Waals surface area (Å²) in [5.74, 6) is 1.24. The van der Waals surface area contributed by atoms with E-state index < -0.39 is 0 Å². The lowest BCUT2D eigenvalue weighted by molar-refractivity contribution is 0.0778. The zero-order chi connectivity index (χ0) is 15.9. The van der Waals surface area contributed by atoms with Gasteiger partial charge in [-0.2, -0.15) is 5.10 Å². The number of fused-ring (bicyclic) bond motifs is 1. The molecule has 122 valence electrons. The van der Waals surface area contributed by atoms with Gasteiger partial charge in [0.05, 0.1) is 17.8 Å². The van der Waals surface area contributed by atoms with Gasteiger partial charge in [-0.25, -0.2) is 0 Å². The first kappa shape index (κ1) is 15.5. The summed E-state index contributed by atoms with van der Waals surface area (Å²) in [5, 5.41) is 4.48. The maximum atomic E-state index is 12.8. The molecule has 2 aliphatic rings. The van der Waals surface area contributed by atoms with Gasteiger partial charge in [-0.15, -0.1) is 0 Å². The zero-order valence-electron chi connectivity index (χ0n) is 14.0. The molecule has 3 atom stereocenters. The number of hydrogen-bond acceptors (Lipinski definition) is 3. The SMILES string of the molecule is CCC(CC)n1ncc(C(=O)N2CC3CCC(N)C3C2)c1C. The van der Waals surface area contributed by atoms with Gasteiger partial charge in [0.1, 0.15) is 0 Å². The van der Waals surface area contributed by atoms with E-state index in [-0.39, 0.29) is 11.9 Å². The van der Waals surface area contributed by atoms with Crippen molar-refractivity contribution in [1.82, 2.24) is 14.7 Å². The maximum Gasteiger partial charge on any atom is 0.257 e. The summed E-state index contributed by atoms with van der Waals surface area (Å²) in [6, 6.07) is 0.657. The average Bonchev–Trinajstić information content (AvgIpc) is 3.18. The molecule has 3 rings (SSSR count). The molecule has 0 radical (unpaired) electrons. The molecule has 1 saturated carbocycles. The highest BCUT2D eigenvalue weighted by atomic mass is 16.2. The molecule has 0 aromatic carbocycles. The second kappa shape index (κ2) is 6.03. The molecule has 1 saturated heterocycles. The van der Waals surface area contributed by atoms with E-state index in [0.717, 1.165) is 43.6 Å². The van der Waals surface area contributed by atoms with E-state index in [4.69, 9.17) is 5.73 Å². The number of carbonyl (C=O) groups is 1. The highest BCUT2D eigenvalue weighted by Gasteiger charge is 2.43. The minimum atomic E-state index is 0.135. The van der Waals surface area contributed by atoms with Gasteiger partial charge in [-0.1, -0.05) is 13.8 Å². The van der Waals surface area contributed by atoms with Crippen LogP contribution in [0.15, 0.2) is 6.20 Å². The van der Waals surface area contributed by atoms with Crippen molar-refractivity contribution in [3.05, 3.63) is 17.5 Å². The maximum absolute atomic E-state index is 12.8. The number of nitrogens with zero attached hydrogens (tertiary/aromatic N) is 3. The predicted molar refractivity (Wildman–Crippen MR) is 86.7 cm³/mol. The number of amides is 1. The molecule has 5 heteroatoms. The number of hydrogen-bond donors (Lipinski definition) is 1. The fourth-order valence-corrected chi connectivity index (χ4v) is 4.28. The normalized spacial score (nSPS) is 27.7. The topological polar surface area (TPSA) is 64.2 Å². The molecule has 2 N–H and O–H groups in total. The minimum Gasteiger partial charge on any atom is -0.338 e. The molecule has 1 amide bonds. The van der Waals surface area contributed by atoms with Crippen LogP contribution in [-0.2, 0) is 0 Å². The van der Waals surface area contributed by atoms with Gasteiger partial charge in [0.2, 0.25) is 0 Å². The van der Waals surface area contributed by atoms with Gasteiger partial charge >= 0.3 is 0 Å². The molecule has 1 aliphatic heterocycles. The van der Waals surface area contributed by atoms with Crippen LogP contribution in [-0.4, -0.2) is 39.7 Å². The van der Waals surface area contributed by atoms with Gasteiger partial charge < -0.3 is 10.6 Å². The highest BCUT2D eigenvalue weighted by molar-refractivity contribution is 5.95. The first-order valence-corrected chi connectivity index (χ1v) is 8.65. The van der Waals surface area contributed by atoms with E-state index >= 15 is 0 Å². The number of likely N-dealkylation sites (tertiary alicyclic amines) is 1. The van der Waals surface area contributed by atoms with Crippen molar-refractivity contribution in [1.29, 1.82) is 0 Å². The number of aromatic nitrogens is 2. The molecule has 1 aromatic heterocycles. The van der Waals surface area contributed by atoms with Crippen LogP contribution in [0.1, 0.15) is 61.6 Å². The monoisotopic (exact) mass is 304 g/mol. The van der Waals surface area contributed by atoms with Crippen molar-refractivity contribution >= 4 is 5.91 Å². The lowest BCUT2D eigenvalue weighted by Crippen LogP contribution is -2.33. The Hall–Kier alpha value is -1.36. The van der Waals surface area contributed by atoms with Crippen LogP contribution in [0.2, 0.25) is 0 Å². The summed E-state index contributed by atoms with van der Waals surface area (Å²) in [7, 11) is 0. The third-order valence-corrected chi connectivity index (χ3v) is 5.76. The molecule has 5 nitrogen and oxygen atoms in total. The Bertz CT molecular complexity index is 549. The molecule has 2 heterocycles. The van der Waals surface area contributed by atoms with Gasteiger partial charge in [0, 0.05) is 24.8 Å². The molecule has 3 unspecified atom stereocenters. The predicted octanol–water partition coefficient (Wildman–Crippen LogP) is 2.36. The van der Waals surface area contributed by atoms with Crippen molar-refractivity contribution in [2.24, 2.45) is 17.6 Å². The summed E-state index contributed by atoms with van der Waals surface area (Å²) >= 11 is 0. The highest BCUT2D eigenvalue weighted by Crippen LogP contribution is 2.37. The Labute approximate surface area is 132 Å². The molecule has 0 spiro atoms. The Morgan fingerprint density at radius 1 is 1.36 bits per heavy atom. The van der Waals surface area contributed by atoms with Gasteiger partial charge in [-0.05, 0) is 44.4 Å². The van der Waals surface area contributed by atoms with Gasteiger partial charge in [-0.3, -0.25) is 9.48 Å². The van der Waals surface area contributed by atoms with Crippen LogP contribution >= 0.6 is 0 Å². The van der Waals surface area contributed by atoms with E-state index in [1.54, 1.807) is 6.20 Å². The number of rotatable bonds is 4. The van der Waals surface area contributed by atoms with E-state index in [0.29, 0.717) is 17.9 Å². The molecule has 1 aliphatic carbocycles.